The fraction of sp³-hybridized carbons (Fsp3) is 0.733. The van der Waals surface area contributed by atoms with Gasteiger partial charge in [0, 0.05) is 7.11 Å². The molecule has 0 aromatic carbocycles. The molecule has 0 spiro atoms. The molecule has 2 atom stereocenters. The van der Waals surface area contributed by atoms with Crippen LogP contribution < -0.4 is 0 Å². The molecule has 0 N–H and O–H groups in total. The van der Waals surface area contributed by atoms with Crippen molar-refractivity contribution in [1.82, 2.24) is 9.97 Å². The molecule has 0 aliphatic heterocycles. The van der Waals surface area contributed by atoms with E-state index in [4.69, 9.17) is 21.3 Å². The lowest BCUT2D eigenvalue weighted by Crippen LogP contribution is -2.36. The maximum absolute atomic E-state index is 6.32. The van der Waals surface area contributed by atoms with Crippen LogP contribution in [0.3, 0.4) is 0 Å². The lowest BCUT2D eigenvalue weighted by Gasteiger charge is -2.37. The summed E-state index contributed by atoms with van der Waals surface area (Å²) in [6, 6.07) is 0. The third-order valence-electron chi connectivity index (χ3n) is 4.14. The first-order valence-corrected chi connectivity index (χ1v) is 8.64. The minimum atomic E-state index is -0.366. The van der Waals surface area contributed by atoms with Gasteiger partial charge >= 0.3 is 0 Å². The maximum Gasteiger partial charge on any atom is 0.162 e. The highest BCUT2D eigenvalue weighted by Gasteiger charge is 2.40. The highest BCUT2D eigenvalue weighted by Crippen LogP contribution is 2.42. The molecule has 2 rings (SSSR count). The van der Waals surface area contributed by atoms with Crippen molar-refractivity contribution < 1.29 is 4.74 Å². The van der Waals surface area contributed by atoms with E-state index in [0.29, 0.717) is 17.0 Å². The summed E-state index contributed by atoms with van der Waals surface area (Å²) in [5.41, 5.74) is 0.658. The van der Waals surface area contributed by atoms with Crippen LogP contribution in [-0.4, -0.2) is 17.1 Å². The quantitative estimate of drug-likeness (QED) is 0.526. The van der Waals surface area contributed by atoms with Gasteiger partial charge in [0.2, 0.25) is 0 Å². The SMILES string of the molecule is COC1(c2nc(Cl)c(I)c(C(C)C)n2)CCCC(C)C1. The first-order chi connectivity index (χ1) is 9.39. The van der Waals surface area contributed by atoms with Crippen LogP contribution in [0.1, 0.15) is 63.9 Å². The zero-order chi connectivity index (χ0) is 14.9. The van der Waals surface area contributed by atoms with Crippen molar-refractivity contribution in [2.24, 2.45) is 5.92 Å². The lowest BCUT2D eigenvalue weighted by atomic mass is 9.78. The summed E-state index contributed by atoms with van der Waals surface area (Å²) in [4.78, 5) is 9.34. The molecule has 1 saturated carbocycles. The average molecular weight is 409 g/mol. The Labute approximate surface area is 140 Å². The number of hydrogen-bond acceptors (Lipinski definition) is 3. The largest absolute Gasteiger partial charge is 0.370 e. The highest BCUT2D eigenvalue weighted by molar-refractivity contribution is 14.1. The number of halogens is 2. The van der Waals surface area contributed by atoms with Crippen LogP contribution in [0.25, 0.3) is 0 Å². The zero-order valence-corrected chi connectivity index (χ0v) is 15.5. The highest BCUT2D eigenvalue weighted by atomic mass is 127. The molecule has 0 saturated heterocycles. The summed E-state index contributed by atoms with van der Waals surface area (Å²) < 4.78 is 6.84. The Morgan fingerprint density at radius 2 is 2.10 bits per heavy atom. The van der Waals surface area contributed by atoms with Gasteiger partial charge in [0.25, 0.3) is 0 Å². The number of methoxy groups -OCH3 is 1. The number of ether oxygens (including phenoxy) is 1. The van der Waals surface area contributed by atoms with E-state index < -0.39 is 0 Å². The molecular weight excluding hydrogens is 387 g/mol. The Kier molecular flexibility index (Phi) is 5.29. The summed E-state index contributed by atoms with van der Waals surface area (Å²) >= 11 is 8.55. The Morgan fingerprint density at radius 1 is 1.40 bits per heavy atom. The third-order valence-corrected chi connectivity index (χ3v) is 5.79. The normalized spacial score (nSPS) is 27.1. The van der Waals surface area contributed by atoms with E-state index in [-0.39, 0.29) is 5.60 Å². The van der Waals surface area contributed by atoms with Crippen LogP contribution in [0.5, 0.6) is 0 Å². The van der Waals surface area contributed by atoms with Crippen molar-refractivity contribution >= 4 is 34.2 Å². The van der Waals surface area contributed by atoms with Crippen LogP contribution in [0.15, 0.2) is 0 Å². The fourth-order valence-electron chi connectivity index (χ4n) is 3.01. The summed E-state index contributed by atoms with van der Waals surface area (Å²) in [5.74, 6) is 1.73. The van der Waals surface area contributed by atoms with Crippen LogP contribution in [0, 0.1) is 9.49 Å². The van der Waals surface area contributed by atoms with Gasteiger partial charge in [-0.3, -0.25) is 0 Å². The second-order valence-corrected chi connectivity index (χ2v) is 7.53. The minimum absolute atomic E-state index is 0.330. The monoisotopic (exact) mass is 408 g/mol. The summed E-state index contributed by atoms with van der Waals surface area (Å²) in [6.45, 7) is 6.53. The van der Waals surface area contributed by atoms with Crippen molar-refractivity contribution in [2.45, 2.75) is 58.0 Å². The van der Waals surface area contributed by atoms with E-state index in [0.717, 1.165) is 34.4 Å². The molecule has 112 valence electrons. The molecule has 0 amide bonds. The molecule has 1 aromatic rings. The molecule has 0 radical (unpaired) electrons. The van der Waals surface area contributed by atoms with E-state index in [2.05, 4.69) is 48.3 Å². The molecule has 1 aliphatic rings. The zero-order valence-electron chi connectivity index (χ0n) is 12.5. The Balaban J connectivity index is 2.49. The fourth-order valence-corrected chi connectivity index (χ4v) is 4.05. The number of aromatic nitrogens is 2. The van der Waals surface area contributed by atoms with Gasteiger partial charge in [-0.15, -0.1) is 0 Å². The molecule has 1 aromatic heterocycles. The molecule has 20 heavy (non-hydrogen) atoms. The molecule has 5 heteroatoms. The van der Waals surface area contributed by atoms with Crippen molar-refractivity contribution in [1.29, 1.82) is 0 Å². The second-order valence-electron chi connectivity index (χ2n) is 6.09. The molecule has 0 bridgehead atoms. The average Bonchev–Trinajstić information content (AvgIpc) is 2.41. The first kappa shape index (κ1) is 16.4. The predicted molar refractivity (Wildman–Crippen MR) is 90.2 cm³/mol. The van der Waals surface area contributed by atoms with E-state index in [1.807, 2.05) is 0 Å². The second kappa shape index (κ2) is 6.44. The summed E-state index contributed by atoms with van der Waals surface area (Å²) in [7, 11) is 1.77. The van der Waals surface area contributed by atoms with E-state index in [1.54, 1.807) is 7.11 Å². The van der Waals surface area contributed by atoms with Crippen molar-refractivity contribution in [3.63, 3.8) is 0 Å². The van der Waals surface area contributed by atoms with Crippen LogP contribution >= 0.6 is 34.2 Å². The molecule has 1 fully saturated rings. The Bertz CT molecular complexity index is 495. The van der Waals surface area contributed by atoms with E-state index in [9.17, 15) is 0 Å². The molecule has 1 aliphatic carbocycles. The lowest BCUT2D eigenvalue weighted by molar-refractivity contribution is -0.0648. The van der Waals surface area contributed by atoms with Crippen LogP contribution in [0.2, 0.25) is 5.15 Å². The van der Waals surface area contributed by atoms with Crippen molar-refractivity contribution in [2.75, 3.05) is 7.11 Å². The number of nitrogens with zero attached hydrogens (tertiary/aromatic N) is 2. The smallest absolute Gasteiger partial charge is 0.162 e. The first-order valence-electron chi connectivity index (χ1n) is 7.18. The molecule has 1 heterocycles. The van der Waals surface area contributed by atoms with Gasteiger partial charge in [-0.25, -0.2) is 9.97 Å². The third kappa shape index (κ3) is 3.12. The van der Waals surface area contributed by atoms with Gasteiger partial charge in [-0.1, -0.05) is 38.8 Å². The Morgan fingerprint density at radius 3 is 2.65 bits per heavy atom. The van der Waals surface area contributed by atoms with Gasteiger partial charge in [0.15, 0.2) is 5.82 Å². The summed E-state index contributed by atoms with van der Waals surface area (Å²) in [5, 5.41) is 0.550. The van der Waals surface area contributed by atoms with Crippen LogP contribution in [0.4, 0.5) is 0 Å². The van der Waals surface area contributed by atoms with E-state index >= 15 is 0 Å². The van der Waals surface area contributed by atoms with Crippen molar-refractivity contribution in [3.8, 4) is 0 Å². The molecule has 3 nitrogen and oxygen atoms in total. The standard InChI is InChI=1S/C15H22ClIN2O/c1-9(2)12-11(17)13(16)19-14(18-12)15(20-4)7-5-6-10(3)8-15/h9-10H,5-8H2,1-4H3. The van der Waals surface area contributed by atoms with Gasteiger partial charge in [0.1, 0.15) is 10.8 Å². The summed E-state index contributed by atoms with van der Waals surface area (Å²) in [6.07, 6.45) is 4.35. The van der Waals surface area contributed by atoms with Gasteiger partial charge in [-0.2, -0.15) is 0 Å². The molecule has 2 unspecified atom stereocenters. The Hall–Kier alpha value is 0.0600. The van der Waals surface area contributed by atoms with Gasteiger partial charge < -0.3 is 4.74 Å². The molecular formula is C15H22ClIN2O. The minimum Gasteiger partial charge on any atom is -0.370 e. The predicted octanol–water partition coefficient (Wildman–Crippen LogP) is 4.91. The van der Waals surface area contributed by atoms with Crippen molar-refractivity contribution in [3.05, 3.63) is 20.2 Å². The van der Waals surface area contributed by atoms with E-state index in [1.165, 1.54) is 6.42 Å². The maximum atomic E-state index is 6.32. The number of rotatable bonds is 3. The van der Waals surface area contributed by atoms with Gasteiger partial charge in [0.05, 0.1) is 9.26 Å². The van der Waals surface area contributed by atoms with Crippen LogP contribution in [-0.2, 0) is 10.3 Å². The van der Waals surface area contributed by atoms with Gasteiger partial charge in [-0.05, 0) is 53.7 Å². The topological polar surface area (TPSA) is 35.0 Å². The number of hydrogen-bond donors (Lipinski definition) is 0.